The SMILES string of the molecule is CC(C)C(=O)NCCNC(=O)c1cn[nH]c1-c1ccc2c(c1)OCCO2. The predicted molar refractivity (Wildman–Crippen MR) is 95.2 cm³/mol. The number of nitrogens with zero attached hydrogens (tertiary/aromatic N) is 1. The molecular weight excluding hydrogens is 336 g/mol. The third-order valence-corrected chi connectivity index (χ3v) is 3.95. The molecule has 1 aromatic heterocycles. The van der Waals surface area contributed by atoms with Crippen LogP contribution in [0.1, 0.15) is 24.2 Å². The van der Waals surface area contributed by atoms with Gasteiger partial charge in [-0.3, -0.25) is 14.7 Å². The van der Waals surface area contributed by atoms with Crippen LogP contribution in [0.25, 0.3) is 11.3 Å². The summed E-state index contributed by atoms with van der Waals surface area (Å²) in [5, 5.41) is 12.4. The van der Waals surface area contributed by atoms with Crippen LogP contribution < -0.4 is 20.1 Å². The van der Waals surface area contributed by atoms with E-state index < -0.39 is 0 Å². The van der Waals surface area contributed by atoms with E-state index in [9.17, 15) is 9.59 Å². The average molecular weight is 358 g/mol. The van der Waals surface area contributed by atoms with E-state index in [4.69, 9.17) is 9.47 Å². The highest BCUT2D eigenvalue weighted by molar-refractivity contribution is 5.99. The molecule has 26 heavy (non-hydrogen) atoms. The summed E-state index contributed by atoms with van der Waals surface area (Å²) in [7, 11) is 0. The minimum absolute atomic E-state index is 0.0421. The Morgan fingerprint density at radius 3 is 2.65 bits per heavy atom. The van der Waals surface area contributed by atoms with Crippen molar-refractivity contribution < 1.29 is 19.1 Å². The van der Waals surface area contributed by atoms with Crippen LogP contribution >= 0.6 is 0 Å². The highest BCUT2D eigenvalue weighted by atomic mass is 16.6. The summed E-state index contributed by atoms with van der Waals surface area (Å²) in [6, 6.07) is 5.48. The summed E-state index contributed by atoms with van der Waals surface area (Å²) in [6.07, 6.45) is 1.48. The Bertz CT molecular complexity index is 800. The molecule has 0 atom stereocenters. The second-order valence-corrected chi connectivity index (χ2v) is 6.22. The van der Waals surface area contributed by atoms with Crippen LogP contribution in [0.3, 0.4) is 0 Å². The third kappa shape index (κ3) is 3.96. The zero-order chi connectivity index (χ0) is 18.5. The number of carbonyl (C=O) groups is 2. The molecule has 0 bridgehead atoms. The van der Waals surface area contributed by atoms with Gasteiger partial charge in [0.1, 0.15) is 13.2 Å². The lowest BCUT2D eigenvalue weighted by Crippen LogP contribution is -2.36. The summed E-state index contributed by atoms with van der Waals surface area (Å²) in [5.74, 6) is 0.945. The van der Waals surface area contributed by atoms with Crippen LogP contribution in [0, 0.1) is 5.92 Å². The first-order chi connectivity index (χ1) is 12.6. The highest BCUT2D eigenvalue weighted by Gasteiger charge is 2.18. The molecule has 0 fully saturated rings. The summed E-state index contributed by atoms with van der Waals surface area (Å²) in [4.78, 5) is 23.9. The molecule has 2 amide bonds. The summed E-state index contributed by atoms with van der Waals surface area (Å²) < 4.78 is 11.1. The molecule has 1 aliphatic rings. The van der Waals surface area contributed by atoms with E-state index in [0.717, 1.165) is 5.56 Å². The molecule has 3 rings (SSSR count). The van der Waals surface area contributed by atoms with Gasteiger partial charge in [0.2, 0.25) is 5.91 Å². The maximum atomic E-state index is 12.4. The van der Waals surface area contributed by atoms with Gasteiger partial charge in [-0.2, -0.15) is 5.10 Å². The fourth-order valence-electron chi connectivity index (χ4n) is 2.54. The number of aromatic nitrogens is 2. The number of rotatable bonds is 6. The number of hydrogen-bond donors (Lipinski definition) is 3. The zero-order valence-corrected chi connectivity index (χ0v) is 14.8. The summed E-state index contributed by atoms with van der Waals surface area (Å²) >= 11 is 0. The van der Waals surface area contributed by atoms with E-state index in [0.29, 0.717) is 49.1 Å². The minimum Gasteiger partial charge on any atom is -0.486 e. The highest BCUT2D eigenvalue weighted by Crippen LogP contribution is 2.34. The van der Waals surface area contributed by atoms with Crippen LogP contribution in [0.2, 0.25) is 0 Å². The van der Waals surface area contributed by atoms with Gasteiger partial charge in [0.15, 0.2) is 11.5 Å². The van der Waals surface area contributed by atoms with Crippen molar-refractivity contribution in [3.05, 3.63) is 30.0 Å². The molecule has 3 N–H and O–H groups in total. The monoisotopic (exact) mass is 358 g/mol. The number of fused-ring (bicyclic) bond motifs is 1. The maximum Gasteiger partial charge on any atom is 0.255 e. The van der Waals surface area contributed by atoms with E-state index in [-0.39, 0.29) is 17.7 Å². The fourth-order valence-corrected chi connectivity index (χ4v) is 2.54. The van der Waals surface area contributed by atoms with Crippen molar-refractivity contribution in [1.82, 2.24) is 20.8 Å². The van der Waals surface area contributed by atoms with Gasteiger partial charge in [0.05, 0.1) is 17.5 Å². The number of H-pyrrole nitrogens is 1. The largest absolute Gasteiger partial charge is 0.486 e. The molecule has 0 aliphatic carbocycles. The Morgan fingerprint density at radius 2 is 1.88 bits per heavy atom. The van der Waals surface area contributed by atoms with Crippen molar-refractivity contribution in [1.29, 1.82) is 0 Å². The molecule has 0 saturated carbocycles. The molecule has 138 valence electrons. The van der Waals surface area contributed by atoms with Crippen LogP contribution in [0.15, 0.2) is 24.4 Å². The van der Waals surface area contributed by atoms with Crippen LogP contribution in [0.5, 0.6) is 11.5 Å². The van der Waals surface area contributed by atoms with Gasteiger partial charge in [0, 0.05) is 24.6 Å². The van der Waals surface area contributed by atoms with Crippen LogP contribution in [-0.2, 0) is 4.79 Å². The molecule has 0 radical (unpaired) electrons. The number of amides is 2. The summed E-state index contributed by atoms with van der Waals surface area (Å²) in [6.45, 7) is 5.37. The lowest BCUT2D eigenvalue weighted by molar-refractivity contribution is -0.123. The number of nitrogens with one attached hydrogen (secondary N) is 3. The zero-order valence-electron chi connectivity index (χ0n) is 14.8. The number of benzene rings is 1. The molecule has 0 spiro atoms. The maximum absolute atomic E-state index is 12.4. The summed E-state index contributed by atoms with van der Waals surface area (Å²) in [5.41, 5.74) is 1.81. The predicted octanol–water partition coefficient (Wildman–Crippen LogP) is 1.35. The minimum atomic E-state index is -0.262. The first-order valence-corrected chi connectivity index (χ1v) is 8.55. The van der Waals surface area contributed by atoms with Gasteiger partial charge in [-0.15, -0.1) is 0 Å². The second kappa shape index (κ2) is 7.90. The Hall–Kier alpha value is -3.03. The van der Waals surface area contributed by atoms with Gasteiger partial charge < -0.3 is 20.1 Å². The van der Waals surface area contributed by atoms with Gasteiger partial charge in [-0.05, 0) is 18.2 Å². The first-order valence-electron chi connectivity index (χ1n) is 8.55. The van der Waals surface area contributed by atoms with Crippen LogP contribution in [0.4, 0.5) is 0 Å². The van der Waals surface area contributed by atoms with Gasteiger partial charge in [-0.25, -0.2) is 0 Å². The molecule has 2 aromatic rings. The Balaban J connectivity index is 1.65. The van der Waals surface area contributed by atoms with E-state index in [1.54, 1.807) is 0 Å². The number of carbonyl (C=O) groups excluding carboxylic acids is 2. The number of hydrogen-bond acceptors (Lipinski definition) is 5. The third-order valence-electron chi connectivity index (χ3n) is 3.95. The lowest BCUT2D eigenvalue weighted by atomic mass is 10.1. The molecule has 8 nitrogen and oxygen atoms in total. The lowest BCUT2D eigenvalue weighted by Gasteiger charge is -2.18. The van der Waals surface area contributed by atoms with Crippen molar-refractivity contribution in [2.45, 2.75) is 13.8 Å². The second-order valence-electron chi connectivity index (χ2n) is 6.22. The average Bonchev–Trinajstić information content (AvgIpc) is 3.14. The van der Waals surface area contributed by atoms with Gasteiger partial charge >= 0.3 is 0 Å². The molecule has 0 unspecified atom stereocenters. The quantitative estimate of drug-likeness (QED) is 0.676. The van der Waals surface area contributed by atoms with E-state index in [1.165, 1.54) is 6.20 Å². The normalized spacial score (nSPS) is 12.7. The topological polar surface area (TPSA) is 105 Å². The first kappa shape index (κ1) is 17.8. The number of ether oxygens (including phenoxy) is 2. The van der Waals surface area contributed by atoms with Crippen molar-refractivity contribution in [2.75, 3.05) is 26.3 Å². The van der Waals surface area contributed by atoms with Gasteiger partial charge in [-0.1, -0.05) is 13.8 Å². The molecule has 1 aliphatic heterocycles. The molecule has 1 aromatic carbocycles. The molecular formula is C18H22N4O4. The smallest absolute Gasteiger partial charge is 0.255 e. The fraction of sp³-hybridized carbons (Fsp3) is 0.389. The van der Waals surface area contributed by atoms with Crippen molar-refractivity contribution in [3.8, 4) is 22.8 Å². The Kier molecular flexibility index (Phi) is 5.40. The number of aromatic amines is 1. The van der Waals surface area contributed by atoms with Crippen LogP contribution in [-0.4, -0.2) is 48.3 Å². The Labute approximate surface area is 151 Å². The Morgan fingerprint density at radius 1 is 1.15 bits per heavy atom. The van der Waals surface area contributed by atoms with Crippen molar-refractivity contribution in [2.24, 2.45) is 5.92 Å². The van der Waals surface area contributed by atoms with E-state index in [2.05, 4.69) is 20.8 Å². The molecule has 2 heterocycles. The standard InChI is InChI=1S/C18H22N4O4/c1-11(2)17(23)19-5-6-20-18(24)13-10-21-22-16(13)12-3-4-14-15(9-12)26-8-7-25-14/h3-4,9-11H,5-8H2,1-2H3,(H,19,23)(H,20,24)(H,21,22). The van der Waals surface area contributed by atoms with E-state index >= 15 is 0 Å². The van der Waals surface area contributed by atoms with Gasteiger partial charge in [0.25, 0.3) is 5.91 Å². The molecule has 8 heteroatoms. The van der Waals surface area contributed by atoms with Crippen molar-refractivity contribution >= 4 is 11.8 Å². The van der Waals surface area contributed by atoms with Crippen molar-refractivity contribution in [3.63, 3.8) is 0 Å². The molecule has 0 saturated heterocycles. The van der Waals surface area contributed by atoms with E-state index in [1.807, 2.05) is 32.0 Å².